The first-order chi connectivity index (χ1) is 42.0. The summed E-state index contributed by atoms with van der Waals surface area (Å²) < 4.78 is 169. The maximum atomic E-state index is 12.9. The van der Waals surface area contributed by atoms with Gasteiger partial charge in [0, 0.05) is 60.5 Å². The molecule has 0 amide bonds. The summed E-state index contributed by atoms with van der Waals surface area (Å²) >= 11 is 0. The van der Waals surface area contributed by atoms with Gasteiger partial charge in [0.25, 0.3) is 0 Å². The summed E-state index contributed by atoms with van der Waals surface area (Å²) in [6, 6.07) is 30.8. The molecule has 0 aliphatic carbocycles. The topological polar surface area (TPSA) is 50.9 Å². The van der Waals surface area contributed by atoms with Crippen LogP contribution >= 0.6 is 0 Å². The molecule has 0 fully saturated rings. The molecule has 382 valence electrons. The van der Waals surface area contributed by atoms with E-state index >= 15 is 0 Å². The number of hydrogen-bond donors (Lipinski definition) is 1. The number of imidazole rings is 1. The fraction of sp³-hybridized carbons (Fsp3) is 0.304. The molecule has 1 N–H and O–H groups in total. The van der Waals surface area contributed by atoms with Crippen molar-refractivity contribution in [2.75, 3.05) is 0 Å². The Morgan fingerprint density at radius 1 is 0.527 bits per heavy atom. The van der Waals surface area contributed by atoms with E-state index in [1.807, 2.05) is 143 Å². The second kappa shape index (κ2) is 19.7. The van der Waals surface area contributed by atoms with Crippen LogP contribution in [0.5, 0.6) is 5.75 Å². The first-order valence-corrected chi connectivity index (χ1v) is 24.5. The van der Waals surface area contributed by atoms with E-state index in [9.17, 15) is 9.22 Å². The number of rotatable bonds is 7. The molecule has 9 rings (SSSR count). The molecule has 0 bridgehead atoms. The number of aromatic nitrogens is 3. The average Bonchev–Trinajstić information content (AvgIpc) is 1.40. The Morgan fingerprint density at radius 3 is 1.78 bits per heavy atom. The fourth-order valence-corrected chi connectivity index (χ4v) is 9.03. The molecule has 9 aromatic rings. The molecule has 0 atom stereocenters. The zero-order valence-electron chi connectivity index (χ0n) is 63.0. The van der Waals surface area contributed by atoms with Crippen molar-refractivity contribution >= 4 is 11.0 Å². The number of fused-ring (bicyclic) bond motifs is 1. The molecule has 2 heterocycles. The number of aryl methyl sites for hydroxylation is 1. The van der Waals surface area contributed by atoms with Crippen molar-refractivity contribution in [3.63, 3.8) is 0 Å². The van der Waals surface area contributed by atoms with Crippen LogP contribution in [0, 0.1) is 12.9 Å². The zero-order chi connectivity index (χ0) is 68.7. The van der Waals surface area contributed by atoms with E-state index < -0.39 is 108 Å². The number of benzene rings is 7. The van der Waals surface area contributed by atoms with Gasteiger partial charge in [0.15, 0.2) is 0 Å². The van der Waals surface area contributed by atoms with Gasteiger partial charge in [-0.15, -0.1) is 29.3 Å². The molecule has 0 unspecified atom stereocenters. The Morgan fingerprint density at radius 2 is 1.16 bits per heavy atom. The van der Waals surface area contributed by atoms with Crippen LogP contribution in [-0.2, 0) is 48.1 Å². The molecule has 0 saturated carbocycles. The summed E-state index contributed by atoms with van der Waals surface area (Å²) in [5.74, 6) is 0.272. The number of nitrogens with zero attached hydrogens (tertiary/aromatic N) is 3. The maximum Gasteiger partial charge on any atom is 0.148 e. The van der Waals surface area contributed by atoms with Crippen LogP contribution < -0.4 is 0 Å². The zero-order valence-corrected chi connectivity index (χ0v) is 46.3. The van der Waals surface area contributed by atoms with Gasteiger partial charge in [-0.2, -0.15) is 0 Å². The van der Waals surface area contributed by atoms with Gasteiger partial charge >= 0.3 is 0 Å². The van der Waals surface area contributed by atoms with E-state index in [1.165, 1.54) is 0 Å². The van der Waals surface area contributed by atoms with Gasteiger partial charge in [-0.3, -0.25) is 9.55 Å². The maximum absolute atomic E-state index is 12.9. The molecule has 0 aliphatic heterocycles. The van der Waals surface area contributed by atoms with Gasteiger partial charge in [-0.05, 0) is 114 Å². The monoisotopic (exact) mass is 1170 g/mol. The summed E-state index contributed by atoms with van der Waals surface area (Å²) in [6.45, 7) is 9.97. The van der Waals surface area contributed by atoms with E-state index in [2.05, 4.69) is 52.6 Å². The van der Waals surface area contributed by atoms with Gasteiger partial charge in [0.05, 0.1) is 31.9 Å². The molecule has 4 nitrogen and oxygen atoms in total. The first kappa shape index (κ1) is 34.3. The Balaban J connectivity index is 0.0000111. The van der Waals surface area contributed by atoms with E-state index in [1.54, 1.807) is 12.1 Å². The van der Waals surface area contributed by atoms with Crippen molar-refractivity contribution in [2.24, 2.45) is 0 Å². The Kier molecular flexibility index (Phi) is 9.14. The number of phenolic OH excluding ortho intramolecular Hbond substituents is 1. The minimum absolute atomic E-state index is 0. The van der Waals surface area contributed by atoms with Gasteiger partial charge in [-0.1, -0.05) is 218 Å². The van der Waals surface area contributed by atoms with E-state index in [0.717, 1.165) is 11.1 Å². The van der Waals surface area contributed by atoms with Gasteiger partial charge in [0.1, 0.15) is 11.6 Å². The second-order valence-corrected chi connectivity index (χ2v) is 23.1. The number of hydrogen-bond acceptors (Lipinski definition) is 3. The normalized spacial score (nSPS) is 16.9. The first-order valence-electron chi connectivity index (χ1n) is 34.0. The molecule has 2 aromatic heterocycles. The van der Waals surface area contributed by atoms with E-state index in [0.29, 0.717) is 72.6 Å². The summed E-state index contributed by atoms with van der Waals surface area (Å²) in [4.78, 5) is 9.99. The predicted molar refractivity (Wildman–Crippen MR) is 310 cm³/mol. The van der Waals surface area contributed by atoms with Crippen LogP contribution in [0.3, 0.4) is 0 Å². The third-order valence-corrected chi connectivity index (χ3v) is 13.4. The summed E-state index contributed by atoms with van der Waals surface area (Å²) in [5.41, 5.74) is -0.678. The standard InChI is InChI=1S/C69H74N3O.Pt/c1-43-35-56(46-27-31-51(32-28-46)66(5,6)7)61(42-55(43)45-21-18-17-19-22-45)72-60-24-20-23-54(62(60)71-64(72)57-40-53(68(11,12)13)41-58(63(57)73)69(14,15)16)48-36-49(38-52(37-48)67(8,9)10)59-39-47(33-34-70-59)44-25-29-50(30-26-44)65(2,3)4;/h17-35,37-42,73H,1-16H3;/q-1;/i1D3,2D3,3D3,4D3,25D,26D,29D,30D,33D,34D,39D;. The summed E-state index contributed by atoms with van der Waals surface area (Å²) in [7, 11) is 0. The van der Waals surface area contributed by atoms with Crippen LogP contribution in [0.4, 0.5) is 0 Å². The largest absolute Gasteiger partial charge is 0.507 e. The Hall–Kier alpha value is -6.35. The van der Waals surface area contributed by atoms with Gasteiger partial charge < -0.3 is 5.11 Å². The second-order valence-electron chi connectivity index (χ2n) is 23.1. The van der Waals surface area contributed by atoms with Crippen molar-refractivity contribution in [3.05, 3.63) is 191 Å². The quantitative estimate of drug-likeness (QED) is 0.162. The minimum Gasteiger partial charge on any atom is -0.507 e. The van der Waals surface area contributed by atoms with Gasteiger partial charge in [-0.25, -0.2) is 4.98 Å². The fourth-order valence-electron chi connectivity index (χ4n) is 9.03. The van der Waals surface area contributed by atoms with Crippen LogP contribution in [0.25, 0.3) is 83.9 Å². The number of phenols is 1. The third kappa shape index (κ3) is 10.8. The van der Waals surface area contributed by atoms with Gasteiger partial charge in [0.2, 0.25) is 0 Å². The molecule has 0 radical (unpaired) electrons. The van der Waals surface area contributed by atoms with E-state index in [-0.39, 0.29) is 49.1 Å². The van der Waals surface area contributed by atoms with Crippen LogP contribution in [0.15, 0.2) is 152 Å². The smallest absolute Gasteiger partial charge is 0.148 e. The van der Waals surface area contributed by atoms with Crippen molar-refractivity contribution in [2.45, 2.75) is 138 Å². The van der Waals surface area contributed by atoms with Crippen molar-refractivity contribution < 1.29 is 52.2 Å². The number of aromatic hydroxyl groups is 1. The van der Waals surface area contributed by atoms with Crippen LogP contribution in [0.2, 0.25) is 0 Å². The van der Waals surface area contributed by atoms with Crippen molar-refractivity contribution in [1.29, 1.82) is 0 Å². The summed E-state index contributed by atoms with van der Waals surface area (Å²) in [5, 5.41) is 12.9. The molecular weight excluding hydrogens is 1080 g/mol. The third-order valence-electron chi connectivity index (χ3n) is 13.4. The SMILES string of the molecule is [2H]c1nc(-c2[c-]c(-c3cccc4c3nc(-c3cc(C(C)(C)C)cc(C(C)(C)C)c3O)n4-c3cc(-c4ccccc4)c(C([2H])([2H])[2H])cc3-c3ccc(C(C)(C)C)cc3)cc(C(C)(C)C)c2)c([2H])c(-c2c([2H])c([2H])c(C(C([2H])([2H])[2H])(C([2H])([2H])[2H])C([2H])([2H])[2H])c([2H])c2[2H])c1[2H].[Pt]. The minimum atomic E-state index is -3.96. The molecule has 0 saturated heterocycles. The number of para-hydroxylation sites is 1. The molecule has 0 spiro atoms. The number of pyridine rings is 1. The molecule has 0 aliphatic rings. The van der Waals surface area contributed by atoms with E-state index in [4.69, 9.17) is 26.9 Å². The average molecular weight is 1180 g/mol. The van der Waals surface area contributed by atoms with Crippen molar-refractivity contribution in [3.8, 4) is 78.6 Å². The van der Waals surface area contributed by atoms with Crippen LogP contribution in [-0.4, -0.2) is 19.6 Å². The molecular formula is C69H74N3OPt-. The van der Waals surface area contributed by atoms with Crippen LogP contribution in [0.1, 0.15) is 163 Å². The molecule has 74 heavy (non-hydrogen) atoms. The Labute approximate surface area is 483 Å². The summed E-state index contributed by atoms with van der Waals surface area (Å²) in [6.07, 6.45) is -0.787. The Bertz CT molecular complexity index is 4340. The molecule has 5 heteroatoms. The predicted octanol–water partition coefficient (Wildman–Crippen LogP) is 18.7. The molecule has 7 aromatic carbocycles. The van der Waals surface area contributed by atoms with Crippen molar-refractivity contribution in [1.82, 2.24) is 14.5 Å².